The summed E-state index contributed by atoms with van der Waals surface area (Å²) in [6.45, 7) is 5.49. The summed E-state index contributed by atoms with van der Waals surface area (Å²) in [5, 5.41) is 2.61. The molecule has 0 aromatic heterocycles. The van der Waals surface area contributed by atoms with Crippen LogP contribution in [0.25, 0.3) is 0 Å². The molecule has 0 aliphatic heterocycles. The van der Waals surface area contributed by atoms with Crippen LogP contribution in [0.15, 0.2) is 48.5 Å². The van der Waals surface area contributed by atoms with E-state index in [-0.39, 0.29) is 24.4 Å². The third kappa shape index (κ3) is 7.70. The minimum absolute atomic E-state index is 0.0248. The Balaban J connectivity index is 1.80. The summed E-state index contributed by atoms with van der Waals surface area (Å²) in [7, 11) is 0. The third-order valence-electron chi connectivity index (χ3n) is 4.42. The van der Waals surface area contributed by atoms with Crippen molar-refractivity contribution in [2.75, 3.05) is 11.9 Å². The number of rotatable bonds is 11. The number of benzene rings is 2. The second-order valence-electron chi connectivity index (χ2n) is 7.05. The molecule has 1 N–H and O–H groups in total. The summed E-state index contributed by atoms with van der Waals surface area (Å²) in [5.41, 5.74) is 1.38. The lowest BCUT2D eigenvalue weighted by Crippen LogP contribution is -2.30. The van der Waals surface area contributed by atoms with E-state index < -0.39 is 18.0 Å². The summed E-state index contributed by atoms with van der Waals surface area (Å²) in [6, 6.07) is 13.2. The Hall–Kier alpha value is -3.48. The standard InChI is InChI=1S/C24H27NO6/c1-4-14-30-21-10-8-18(9-11-21)22(27)12-13-23(28)31-17(3)24(29)25-20-7-5-6-19(15-20)16(2)26/h5-11,15,17H,4,12-14H2,1-3H3,(H,25,29). The van der Waals surface area contributed by atoms with Crippen LogP contribution in [-0.4, -0.2) is 36.2 Å². The molecule has 0 heterocycles. The minimum Gasteiger partial charge on any atom is -0.494 e. The van der Waals surface area contributed by atoms with Crippen LogP contribution in [0, 0.1) is 0 Å². The molecule has 0 spiro atoms. The van der Waals surface area contributed by atoms with E-state index in [1.165, 1.54) is 13.8 Å². The topological polar surface area (TPSA) is 98.8 Å². The van der Waals surface area contributed by atoms with Crippen LogP contribution in [0.1, 0.15) is 60.7 Å². The Kier molecular flexibility index (Phi) is 8.94. The van der Waals surface area contributed by atoms with Crippen molar-refractivity contribution in [2.24, 2.45) is 0 Å². The molecule has 1 amide bonds. The maximum absolute atomic E-state index is 12.3. The van der Waals surface area contributed by atoms with Gasteiger partial charge in [-0.3, -0.25) is 19.2 Å². The summed E-state index contributed by atoms with van der Waals surface area (Å²) >= 11 is 0. The van der Waals surface area contributed by atoms with Gasteiger partial charge in [-0.05, 0) is 56.7 Å². The number of ether oxygens (including phenoxy) is 2. The highest BCUT2D eigenvalue weighted by molar-refractivity contribution is 5.99. The van der Waals surface area contributed by atoms with Gasteiger partial charge in [0.2, 0.25) is 0 Å². The van der Waals surface area contributed by atoms with Crippen molar-refractivity contribution < 1.29 is 28.7 Å². The van der Waals surface area contributed by atoms with E-state index in [1.807, 2.05) is 6.92 Å². The molecule has 0 saturated heterocycles. The van der Waals surface area contributed by atoms with Gasteiger partial charge in [0.25, 0.3) is 5.91 Å². The molecule has 0 saturated carbocycles. The highest BCUT2D eigenvalue weighted by Crippen LogP contribution is 2.15. The average molecular weight is 425 g/mol. The molecular formula is C24H27NO6. The van der Waals surface area contributed by atoms with E-state index in [4.69, 9.17) is 9.47 Å². The first-order valence-corrected chi connectivity index (χ1v) is 10.2. The second-order valence-corrected chi connectivity index (χ2v) is 7.05. The van der Waals surface area contributed by atoms with Crippen molar-refractivity contribution in [1.29, 1.82) is 0 Å². The summed E-state index contributed by atoms with van der Waals surface area (Å²) in [6.07, 6.45) is -0.309. The molecule has 0 fully saturated rings. The monoisotopic (exact) mass is 425 g/mol. The van der Waals surface area contributed by atoms with Gasteiger partial charge in [0, 0.05) is 23.2 Å². The molecule has 2 aromatic rings. The number of hydrogen-bond donors (Lipinski definition) is 1. The lowest BCUT2D eigenvalue weighted by atomic mass is 10.1. The molecule has 7 heteroatoms. The zero-order valence-electron chi connectivity index (χ0n) is 18.0. The van der Waals surface area contributed by atoms with Gasteiger partial charge in [-0.15, -0.1) is 0 Å². The normalized spacial score (nSPS) is 11.3. The predicted molar refractivity (Wildman–Crippen MR) is 116 cm³/mol. The van der Waals surface area contributed by atoms with Crippen LogP contribution in [0.5, 0.6) is 5.75 Å². The molecular weight excluding hydrogens is 398 g/mol. The smallest absolute Gasteiger partial charge is 0.307 e. The fourth-order valence-electron chi connectivity index (χ4n) is 2.69. The van der Waals surface area contributed by atoms with Crippen molar-refractivity contribution in [1.82, 2.24) is 0 Å². The van der Waals surface area contributed by atoms with E-state index in [0.29, 0.717) is 29.2 Å². The van der Waals surface area contributed by atoms with E-state index in [2.05, 4.69) is 5.32 Å². The van der Waals surface area contributed by atoms with Crippen LogP contribution in [0.2, 0.25) is 0 Å². The quantitative estimate of drug-likeness (QED) is 0.428. The number of carbonyl (C=O) groups excluding carboxylic acids is 4. The van der Waals surface area contributed by atoms with Crippen molar-refractivity contribution in [3.05, 3.63) is 59.7 Å². The second kappa shape index (κ2) is 11.6. The molecule has 0 aliphatic rings. The summed E-state index contributed by atoms with van der Waals surface area (Å²) < 4.78 is 10.6. The molecule has 0 aliphatic carbocycles. The Morgan fingerprint density at radius 2 is 1.68 bits per heavy atom. The van der Waals surface area contributed by atoms with Crippen molar-refractivity contribution in [3.8, 4) is 5.75 Å². The van der Waals surface area contributed by atoms with Gasteiger partial charge in [0.15, 0.2) is 17.7 Å². The van der Waals surface area contributed by atoms with E-state index in [1.54, 1.807) is 48.5 Å². The Morgan fingerprint density at radius 3 is 2.32 bits per heavy atom. The first-order chi connectivity index (χ1) is 14.8. The molecule has 7 nitrogen and oxygen atoms in total. The van der Waals surface area contributed by atoms with Crippen LogP contribution in [0.4, 0.5) is 5.69 Å². The fourth-order valence-corrected chi connectivity index (χ4v) is 2.69. The number of carbonyl (C=O) groups is 4. The van der Waals surface area contributed by atoms with E-state index in [9.17, 15) is 19.2 Å². The molecule has 164 valence electrons. The number of ketones is 2. The highest BCUT2D eigenvalue weighted by Gasteiger charge is 2.19. The SMILES string of the molecule is CCCOc1ccc(C(=O)CCC(=O)OC(C)C(=O)Nc2cccc(C(C)=O)c2)cc1. The number of amides is 1. The molecule has 2 rings (SSSR count). The number of hydrogen-bond acceptors (Lipinski definition) is 6. The van der Waals surface area contributed by atoms with Gasteiger partial charge in [0.05, 0.1) is 13.0 Å². The fraction of sp³-hybridized carbons (Fsp3) is 0.333. The maximum Gasteiger partial charge on any atom is 0.307 e. The zero-order valence-corrected chi connectivity index (χ0v) is 18.0. The average Bonchev–Trinajstić information content (AvgIpc) is 2.76. The lowest BCUT2D eigenvalue weighted by molar-refractivity contribution is -0.153. The molecule has 1 atom stereocenters. The first-order valence-electron chi connectivity index (χ1n) is 10.2. The first kappa shape index (κ1) is 23.8. The number of Topliss-reactive ketones (excluding diaryl/α,β-unsaturated/α-hetero) is 2. The van der Waals surface area contributed by atoms with Crippen molar-refractivity contribution >= 4 is 29.1 Å². The molecule has 2 aromatic carbocycles. The number of anilines is 1. The van der Waals surface area contributed by atoms with Gasteiger partial charge in [-0.25, -0.2) is 0 Å². The van der Waals surface area contributed by atoms with Crippen LogP contribution in [-0.2, 0) is 14.3 Å². The minimum atomic E-state index is -1.04. The predicted octanol–water partition coefficient (Wildman–Crippen LogP) is 4.21. The maximum atomic E-state index is 12.3. The van der Waals surface area contributed by atoms with Crippen molar-refractivity contribution in [2.45, 2.75) is 46.1 Å². The van der Waals surface area contributed by atoms with Gasteiger partial charge in [0.1, 0.15) is 5.75 Å². The Morgan fingerprint density at radius 1 is 0.968 bits per heavy atom. The van der Waals surface area contributed by atoms with Crippen LogP contribution < -0.4 is 10.1 Å². The molecule has 31 heavy (non-hydrogen) atoms. The summed E-state index contributed by atoms with van der Waals surface area (Å²) in [4.78, 5) is 48.0. The zero-order chi connectivity index (χ0) is 22.8. The van der Waals surface area contributed by atoms with Gasteiger partial charge in [-0.2, -0.15) is 0 Å². The van der Waals surface area contributed by atoms with Crippen LogP contribution in [0.3, 0.4) is 0 Å². The van der Waals surface area contributed by atoms with Gasteiger partial charge in [-0.1, -0.05) is 19.1 Å². The highest BCUT2D eigenvalue weighted by atomic mass is 16.5. The van der Waals surface area contributed by atoms with Gasteiger partial charge >= 0.3 is 5.97 Å². The van der Waals surface area contributed by atoms with E-state index in [0.717, 1.165) is 6.42 Å². The van der Waals surface area contributed by atoms with E-state index >= 15 is 0 Å². The summed E-state index contributed by atoms with van der Waals surface area (Å²) in [5.74, 6) is -0.800. The number of esters is 1. The molecule has 1 unspecified atom stereocenters. The molecule has 0 bridgehead atoms. The lowest BCUT2D eigenvalue weighted by Gasteiger charge is -2.14. The Bertz CT molecular complexity index is 935. The van der Waals surface area contributed by atoms with Crippen LogP contribution >= 0.6 is 0 Å². The van der Waals surface area contributed by atoms with Crippen molar-refractivity contribution in [3.63, 3.8) is 0 Å². The number of nitrogens with one attached hydrogen (secondary N) is 1. The third-order valence-corrected chi connectivity index (χ3v) is 4.42. The van der Waals surface area contributed by atoms with Gasteiger partial charge < -0.3 is 14.8 Å². The molecule has 0 radical (unpaired) electrons. The largest absolute Gasteiger partial charge is 0.494 e. The Labute approximate surface area is 181 Å².